The lowest BCUT2D eigenvalue weighted by molar-refractivity contribution is 0.0953. The maximum Gasteiger partial charge on any atom is 0.185 e. The molecule has 0 heterocycles. The quantitative estimate of drug-likeness (QED) is 0.636. The van der Waals surface area contributed by atoms with E-state index in [4.69, 9.17) is 11.6 Å². The van der Waals surface area contributed by atoms with Gasteiger partial charge in [0.15, 0.2) is 27.3 Å². The molecule has 0 aliphatic carbocycles. The van der Waals surface area contributed by atoms with E-state index < -0.39 is 32.0 Å². The van der Waals surface area contributed by atoms with Gasteiger partial charge >= 0.3 is 0 Å². The Morgan fingerprint density at radius 2 is 1.67 bits per heavy atom. The van der Waals surface area contributed by atoms with Crippen LogP contribution in [0.15, 0.2) is 12.1 Å². The molecule has 0 saturated carbocycles. The van der Waals surface area contributed by atoms with Crippen molar-refractivity contribution >= 4 is 27.2 Å². The fraction of sp³-hybridized carbons (Fsp3) is 0.364. The minimum Gasteiger partial charge on any atom is -0.292 e. The number of hydrogen-bond acceptors (Lipinski definition) is 3. The van der Waals surface area contributed by atoms with Gasteiger partial charge in [0, 0.05) is 11.8 Å². The summed E-state index contributed by atoms with van der Waals surface area (Å²) >= 11 is 5.63. The van der Waals surface area contributed by atoms with E-state index >= 15 is 0 Å². The molecular weight excluding hydrogens is 286 g/mol. The minimum atomic E-state index is -3.71. The second kappa shape index (κ2) is 4.59. The average Bonchev–Trinajstić information content (AvgIpc) is 2.20. The number of sulfone groups is 1. The summed E-state index contributed by atoms with van der Waals surface area (Å²) in [6, 6.07) is 1.25. The van der Waals surface area contributed by atoms with Gasteiger partial charge in [-0.1, -0.05) is 11.6 Å². The summed E-state index contributed by atoms with van der Waals surface area (Å²) < 4.78 is 47.2. The third-order valence-electron chi connectivity index (χ3n) is 2.73. The van der Waals surface area contributed by atoms with Crippen LogP contribution in [-0.4, -0.2) is 25.2 Å². The molecule has 1 rings (SSSR count). The first-order valence-electron chi connectivity index (χ1n) is 4.87. The number of carbonyl (C=O) groups is 1. The van der Waals surface area contributed by atoms with Crippen LogP contribution in [0.4, 0.5) is 8.78 Å². The Hall–Kier alpha value is -1.01. The maximum atomic E-state index is 13.1. The fourth-order valence-corrected chi connectivity index (χ4v) is 1.87. The van der Waals surface area contributed by atoms with Crippen molar-refractivity contribution in [2.24, 2.45) is 0 Å². The molecule has 0 saturated heterocycles. The van der Waals surface area contributed by atoms with Gasteiger partial charge in [-0.05, 0) is 26.0 Å². The molecule has 100 valence electrons. The fourth-order valence-electron chi connectivity index (χ4n) is 1.19. The van der Waals surface area contributed by atoms with Gasteiger partial charge in [0.2, 0.25) is 0 Å². The number of carbonyl (C=O) groups excluding carboxylic acids is 1. The van der Waals surface area contributed by atoms with Crippen molar-refractivity contribution in [2.45, 2.75) is 18.6 Å². The molecule has 1 aromatic carbocycles. The lowest BCUT2D eigenvalue weighted by atomic mass is 10.00. The highest BCUT2D eigenvalue weighted by atomic mass is 35.5. The number of rotatable bonds is 3. The van der Waals surface area contributed by atoms with Crippen molar-refractivity contribution in [1.82, 2.24) is 0 Å². The first-order chi connectivity index (χ1) is 7.98. The highest BCUT2D eigenvalue weighted by molar-refractivity contribution is 7.92. The SMILES string of the molecule is CC(C)(C(=O)c1cc(F)c(F)cc1Cl)S(C)(=O)=O. The van der Waals surface area contributed by atoms with Crippen molar-refractivity contribution in [3.63, 3.8) is 0 Å². The van der Waals surface area contributed by atoms with E-state index in [9.17, 15) is 22.0 Å². The number of ketones is 1. The van der Waals surface area contributed by atoms with Gasteiger partial charge in [-0.2, -0.15) is 0 Å². The van der Waals surface area contributed by atoms with E-state index in [0.717, 1.165) is 6.26 Å². The second-order valence-corrected chi connectivity index (χ2v) is 7.33. The van der Waals surface area contributed by atoms with Gasteiger partial charge in [-0.25, -0.2) is 17.2 Å². The van der Waals surface area contributed by atoms with Crippen LogP contribution < -0.4 is 0 Å². The van der Waals surface area contributed by atoms with Crippen LogP contribution in [-0.2, 0) is 9.84 Å². The Morgan fingerprint density at radius 3 is 2.11 bits per heavy atom. The van der Waals surface area contributed by atoms with E-state index in [1.54, 1.807) is 0 Å². The Bertz CT molecular complexity index is 609. The highest BCUT2D eigenvalue weighted by Gasteiger charge is 2.40. The second-order valence-electron chi connectivity index (χ2n) is 4.36. The molecule has 0 aliphatic heterocycles. The molecule has 7 heteroatoms. The van der Waals surface area contributed by atoms with E-state index in [1.165, 1.54) is 13.8 Å². The van der Waals surface area contributed by atoms with E-state index in [-0.39, 0.29) is 10.6 Å². The van der Waals surface area contributed by atoms with Gasteiger partial charge in [-0.15, -0.1) is 0 Å². The van der Waals surface area contributed by atoms with Crippen molar-refractivity contribution in [1.29, 1.82) is 0 Å². The predicted molar refractivity (Wildman–Crippen MR) is 64.6 cm³/mol. The largest absolute Gasteiger partial charge is 0.292 e. The molecule has 0 fully saturated rings. The number of Topliss-reactive ketones (excluding diaryl/α,β-unsaturated/α-hetero) is 1. The van der Waals surface area contributed by atoms with E-state index in [0.29, 0.717) is 12.1 Å². The Morgan fingerprint density at radius 1 is 1.22 bits per heavy atom. The lowest BCUT2D eigenvalue weighted by Crippen LogP contribution is -2.40. The van der Waals surface area contributed by atoms with Crippen LogP contribution in [0.1, 0.15) is 24.2 Å². The summed E-state index contributed by atoms with van der Waals surface area (Å²) in [7, 11) is -3.71. The van der Waals surface area contributed by atoms with Crippen molar-refractivity contribution in [2.75, 3.05) is 6.26 Å². The van der Waals surface area contributed by atoms with Crippen LogP contribution >= 0.6 is 11.6 Å². The lowest BCUT2D eigenvalue weighted by Gasteiger charge is -2.21. The summed E-state index contributed by atoms with van der Waals surface area (Å²) in [5.74, 6) is -3.34. The molecule has 3 nitrogen and oxygen atoms in total. The molecule has 1 aromatic rings. The molecule has 0 spiro atoms. The Kier molecular flexibility index (Phi) is 3.83. The predicted octanol–water partition coefficient (Wildman–Crippen LogP) is 2.62. The molecule has 0 unspecified atom stereocenters. The number of benzene rings is 1. The molecule has 18 heavy (non-hydrogen) atoms. The van der Waals surface area contributed by atoms with E-state index in [2.05, 4.69) is 0 Å². The monoisotopic (exact) mass is 296 g/mol. The van der Waals surface area contributed by atoms with Crippen LogP contribution in [0.5, 0.6) is 0 Å². The minimum absolute atomic E-state index is 0.323. The van der Waals surface area contributed by atoms with Crippen molar-refractivity contribution < 1.29 is 22.0 Å². The Labute approximate surface area is 109 Å². The van der Waals surface area contributed by atoms with Crippen LogP contribution in [0.3, 0.4) is 0 Å². The van der Waals surface area contributed by atoms with Crippen LogP contribution in [0.25, 0.3) is 0 Å². The average molecular weight is 297 g/mol. The van der Waals surface area contributed by atoms with Gasteiger partial charge in [0.05, 0.1) is 5.02 Å². The zero-order valence-electron chi connectivity index (χ0n) is 9.92. The molecule has 0 atom stereocenters. The summed E-state index contributed by atoms with van der Waals surface area (Å²) in [5.41, 5.74) is -0.356. The van der Waals surface area contributed by atoms with Crippen molar-refractivity contribution in [3.05, 3.63) is 34.4 Å². The first kappa shape index (κ1) is 15.0. The molecule has 0 N–H and O–H groups in total. The highest BCUT2D eigenvalue weighted by Crippen LogP contribution is 2.27. The Balaban J connectivity index is 3.42. The third kappa shape index (κ3) is 2.54. The molecule has 0 amide bonds. The molecule has 0 aliphatic rings. The summed E-state index contributed by atoms with van der Waals surface area (Å²) in [6.07, 6.45) is 0.888. The van der Waals surface area contributed by atoms with Gasteiger partial charge < -0.3 is 0 Å². The van der Waals surface area contributed by atoms with Gasteiger partial charge in [-0.3, -0.25) is 4.79 Å². The van der Waals surface area contributed by atoms with Crippen LogP contribution in [0, 0.1) is 11.6 Å². The smallest absolute Gasteiger partial charge is 0.185 e. The number of hydrogen-bond donors (Lipinski definition) is 0. The van der Waals surface area contributed by atoms with Crippen LogP contribution in [0.2, 0.25) is 5.02 Å². The molecular formula is C11H11ClF2O3S. The third-order valence-corrected chi connectivity index (χ3v) is 5.08. The summed E-state index contributed by atoms with van der Waals surface area (Å²) in [4.78, 5) is 12.0. The van der Waals surface area contributed by atoms with Gasteiger partial charge in [0.25, 0.3) is 0 Å². The molecule has 0 aromatic heterocycles. The zero-order valence-corrected chi connectivity index (χ0v) is 11.5. The van der Waals surface area contributed by atoms with Gasteiger partial charge in [0.1, 0.15) is 4.75 Å². The summed E-state index contributed by atoms with van der Waals surface area (Å²) in [6.45, 7) is 2.37. The maximum absolute atomic E-state index is 13.1. The standard InChI is InChI=1S/C11H11ClF2O3S/c1-11(2,18(3,16)17)10(15)6-4-8(13)9(14)5-7(6)12/h4-5H,1-3H3. The topological polar surface area (TPSA) is 51.2 Å². The zero-order chi connectivity index (χ0) is 14.3. The van der Waals surface area contributed by atoms with Crippen molar-refractivity contribution in [3.8, 4) is 0 Å². The first-order valence-corrected chi connectivity index (χ1v) is 7.14. The molecule has 0 bridgehead atoms. The number of halogens is 3. The normalized spacial score (nSPS) is 12.6. The molecule has 0 radical (unpaired) electrons. The van der Waals surface area contributed by atoms with E-state index in [1.807, 2.05) is 0 Å². The summed E-state index contributed by atoms with van der Waals surface area (Å²) in [5, 5.41) is -0.323.